The van der Waals surface area contributed by atoms with E-state index >= 15 is 0 Å². The molecule has 0 bridgehead atoms. The Balaban J connectivity index is 1.64. The van der Waals surface area contributed by atoms with Crippen molar-refractivity contribution in [2.75, 3.05) is 0 Å². The van der Waals surface area contributed by atoms with Crippen LogP contribution >= 0.6 is 0 Å². The predicted molar refractivity (Wildman–Crippen MR) is 111 cm³/mol. The van der Waals surface area contributed by atoms with E-state index in [1.54, 1.807) is 12.1 Å². The lowest BCUT2D eigenvalue weighted by atomic mass is 9.77. The third kappa shape index (κ3) is 5.66. The molecule has 1 aliphatic carbocycles. The maximum atomic E-state index is 14.5. The van der Waals surface area contributed by atoms with E-state index in [4.69, 9.17) is 5.26 Å². The summed E-state index contributed by atoms with van der Waals surface area (Å²) >= 11 is 0. The van der Waals surface area contributed by atoms with Gasteiger partial charge in [0.05, 0.1) is 5.56 Å². The van der Waals surface area contributed by atoms with Gasteiger partial charge in [0, 0.05) is 12.1 Å². The molecule has 2 nitrogen and oxygen atoms in total. The molecule has 0 unspecified atom stereocenters. The van der Waals surface area contributed by atoms with E-state index < -0.39 is 34.6 Å². The Bertz CT molecular complexity index is 931. The first-order chi connectivity index (χ1) is 14.8. The van der Waals surface area contributed by atoms with E-state index in [2.05, 4.69) is 23.8 Å². The van der Waals surface area contributed by atoms with Gasteiger partial charge in [0.1, 0.15) is 29.0 Å². The second-order valence-electron chi connectivity index (χ2n) is 7.95. The molecular weight excluding hydrogens is 406 g/mol. The third-order valence-corrected chi connectivity index (χ3v) is 5.81. The number of nitriles is 1. The van der Waals surface area contributed by atoms with Crippen LogP contribution in [0.1, 0.15) is 68.1 Å². The van der Waals surface area contributed by atoms with Gasteiger partial charge in [-0.15, -0.1) is 0 Å². The summed E-state index contributed by atoms with van der Waals surface area (Å²) < 4.78 is 61.0. The summed E-state index contributed by atoms with van der Waals surface area (Å²) in [6.45, 7) is 2.12. The smallest absolute Gasteiger partial charge is 0.426 e. The minimum absolute atomic E-state index is 0.344. The molecule has 2 aromatic rings. The summed E-state index contributed by atoms with van der Waals surface area (Å²) in [6.07, 6.45) is 7.10. The molecule has 0 amide bonds. The average molecular weight is 431 g/mol. The third-order valence-electron chi connectivity index (χ3n) is 5.81. The van der Waals surface area contributed by atoms with E-state index in [9.17, 15) is 17.6 Å². The van der Waals surface area contributed by atoms with Gasteiger partial charge in [0.2, 0.25) is 0 Å². The van der Waals surface area contributed by atoms with Crippen LogP contribution in [0, 0.1) is 28.9 Å². The summed E-state index contributed by atoms with van der Waals surface area (Å²) in [6, 6.07) is 8.44. The highest BCUT2D eigenvalue weighted by molar-refractivity contribution is 5.38. The summed E-state index contributed by atoms with van der Waals surface area (Å²) in [5.41, 5.74) is -0.228. The maximum absolute atomic E-state index is 14.5. The van der Waals surface area contributed by atoms with Crippen molar-refractivity contribution in [2.45, 2.75) is 57.5 Å². The second kappa shape index (κ2) is 10.00. The highest BCUT2D eigenvalue weighted by Crippen LogP contribution is 2.39. The maximum Gasteiger partial charge on any atom is 0.426 e. The van der Waals surface area contributed by atoms with Crippen LogP contribution in [-0.2, 0) is 6.11 Å². The Labute approximate surface area is 180 Å². The van der Waals surface area contributed by atoms with Crippen LogP contribution in [0.3, 0.4) is 0 Å². The first kappa shape index (κ1) is 22.9. The van der Waals surface area contributed by atoms with Crippen LogP contribution in [0.2, 0.25) is 0 Å². The van der Waals surface area contributed by atoms with Gasteiger partial charge in [-0.1, -0.05) is 31.2 Å². The van der Waals surface area contributed by atoms with Crippen molar-refractivity contribution in [3.8, 4) is 11.8 Å². The SMILES string of the molecule is CC/C=C\CC1CCC(c2ccc(C(F)(F)Oc3cc(F)c(C#N)c(F)c3)cc2)CC1. The highest BCUT2D eigenvalue weighted by atomic mass is 19.3. The molecule has 6 heteroatoms. The summed E-state index contributed by atoms with van der Waals surface area (Å²) in [5.74, 6) is -2.15. The molecule has 3 rings (SSSR count). The van der Waals surface area contributed by atoms with Crippen LogP contribution in [0.5, 0.6) is 5.75 Å². The molecule has 0 spiro atoms. The zero-order valence-corrected chi connectivity index (χ0v) is 17.4. The number of alkyl halides is 2. The van der Waals surface area contributed by atoms with Crippen molar-refractivity contribution in [3.63, 3.8) is 0 Å². The van der Waals surface area contributed by atoms with Crippen molar-refractivity contribution in [3.05, 3.63) is 76.9 Å². The number of rotatable bonds is 7. The number of hydrogen-bond acceptors (Lipinski definition) is 2. The van der Waals surface area contributed by atoms with E-state index in [-0.39, 0.29) is 0 Å². The van der Waals surface area contributed by atoms with Crippen LogP contribution < -0.4 is 4.74 Å². The van der Waals surface area contributed by atoms with Crippen molar-refractivity contribution < 1.29 is 22.3 Å². The number of nitrogens with zero attached hydrogens (tertiary/aromatic N) is 1. The molecule has 0 N–H and O–H groups in total. The van der Waals surface area contributed by atoms with E-state index in [0.717, 1.165) is 44.1 Å². The Morgan fingerprint density at radius 3 is 2.19 bits per heavy atom. The fraction of sp³-hybridized carbons (Fsp3) is 0.400. The van der Waals surface area contributed by atoms with E-state index in [1.165, 1.54) is 18.2 Å². The van der Waals surface area contributed by atoms with Gasteiger partial charge >= 0.3 is 6.11 Å². The quantitative estimate of drug-likeness (QED) is 0.334. The Hall–Kier alpha value is -2.81. The van der Waals surface area contributed by atoms with Gasteiger partial charge in [0.25, 0.3) is 0 Å². The molecule has 1 fully saturated rings. The van der Waals surface area contributed by atoms with E-state index in [1.807, 2.05) is 0 Å². The number of allylic oxidation sites excluding steroid dienone is 2. The van der Waals surface area contributed by atoms with Crippen molar-refractivity contribution >= 4 is 0 Å². The summed E-state index contributed by atoms with van der Waals surface area (Å²) in [5, 5.41) is 8.68. The molecule has 0 radical (unpaired) electrons. The van der Waals surface area contributed by atoms with Gasteiger partial charge in [0.15, 0.2) is 0 Å². The lowest BCUT2D eigenvalue weighted by Crippen LogP contribution is -2.22. The zero-order valence-electron chi connectivity index (χ0n) is 17.4. The molecule has 0 heterocycles. The Morgan fingerprint density at radius 1 is 1.03 bits per heavy atom. The lowest BCUT2D eigenvalue weighted by molar-refractivity contribution is -0.185. The fourth-order valence-corrected chi connectivity index (χ4v) is 4.06. The van der Waals surface area contributed by atoms with Crippen molar-refractivity contribution in [1.82, 2.24) is 0 Å². The monoisotopic (exact) mass is 431 g/mol. The summed E-state index contributed by atoms with van der Waals surface area (Å²) in [7, 11) is 0. The van der Waals surface area contributed by atoms with Crippen LogP contribution in [0.25, 0.3) is 0 Å². The molecule has 1 saturated carbocycles. The largest absolute Gasteiger partial charge is 0.429 e. The second-order valence-corrected chi connectivity index (χ2v) is 7.95. The van der Waals surface area contributed by atoms with Crippen LogP contribution in [-0.4, -0.2) is 0 Å². The van der Waals surface area contributed by atoms with E-state index in [0.29, 0.717) is 24.0 Å². The molecule has 0 aromatic heterocycles. The van der Waals surface area contributed by atoms with Gasteiger partial charge < -0.3 is 4.74 Å². The van der Waals surface area contributed by atoms with Gasteiger partial charge in [-0.05, 0) is 68.1 Å². The highest BCUT2D eigenvalue weighted by Gasteiger charge is 2.35. The number of benzene rings is 2. The first-order valence-electron chi connectivity index (χ1n) is 10.6. The van der Waals surface area contributed by atoms with Crippen LogP contribution in [0.15, 0.2) is 48.6 Å². The molecule has 164 valence electrons. The lowest BCUT2D eigenvalue weighted by Gasteiger charge is -2.28. The molecule has 31 heavy (non-hydrogen) atoms. The minimum Gasteiger partial charge on any atom is -0.429 e. The fourth-order valence-electron chi connectivity index (χ4n) is 4.06. The van der Waals surface area contributed by atoms with Gasteiger partial charge in [-0.3, -0.25) is 0 Å². The molecule has 1 aliphatic rings. The molecule has 0 aliphatic heterocycles. The number of halogens is 4. The van der Waals surface area contributed by atoms with Crippen molar-refractivity contribution in [2.24, 2.45) is 5.92 Å². The Morgan fingerprint density at radius 2 is 1.65 bits per heavy atom. The van der Waals surface area contributed by atoms with Crippen molar-refractivity contribution in [1.29, 1.82) is 5.26 Å². The first-order valence-corrected chi connectivity index (χ1v) is 10.6. The number of hydrogen-bond donors (Lipinski definition) is 0. The minimum atomic E-state index is -3.77. The average Bonchev–Trinajstić information content (AvgIpc) is 2.74. The molecule has 2 aromatic carbocycles. The normalized spacial score (nSPS) is 19.4. The van der Waals surface area contributed by atoms with Gasteiger partial charge in [-0.2, -0.15) is 14.0 Å². The Kier molecular flexibility index (Phi) is 7.37. The standard InChI is InChI=1S/C25H25F4NO/c1-2-3-4-5-17-6-8-18(9-7-17)19-10-12-20(13-11-19)25(28,29)31-21-14-23(26)22(16-30)24(27)15-21/h3-4,10-15,17-18H,2,5-9H2,1H3/b4-3-. The predicted octanol–water partition coefficient (Wildman–Crippen LogP) is 7.59. The topological polar surface area (TPSA) is 33.0 Å². The number of ether oxygens (including phenoxy) is 1. The van der Waals surface area contributed by atoms with Gasteiger partial charge in [-0.25, -0.2) is 8.78 Å². The van der Waals surface area contributed by atoms with Crippen LogP contribution in [0.4, 0.5) is 17.6 Å². The molecule has 0 saturated heterocycles. The molecule has 0 atom stereocenters. The summed E-state index contributed by atoms with van der Waals surface area (Å²) in [4.78, 5) is 0. The molecular formula is C25H25F4NO. The zero-order chi connectivity index (χ0) is 22.4.